The fraction of sp³-hybridized carbons (Fsp3) is 0.438. The first-order valence-corrected chi connectivity index (χ1v) is 9.16. The highest BCUT2D eigenvalue weighted by Crippen LogP contribution is 2.41. The van der Waals surface area contributed by atoms with Crippen molar-refractivity contribution in [3.05, 3.63) is 28.0 Å². The third-order valence-corrected chi connectivity index (χ3v) is 5.87. The Kier molecular flexibility index (Phi) is 4.81. The lowest BCUT2D eigenvalue weighted by molar-refractivity contribution is 0.0603. The van der Waals surface area contributed by atoms with Crippen LogP contribution in [-0.2, 0) is 11.3 Å². The summed E-state index contributed by atoms with van der Waals surface area (Å²) >= 11 is 3.15. The van der Waals surface area contributed by atoms with Crippen LogP contribution in [0.3, 0.4) is 0 Å². The number of carbonyl (C=O) groups is 1. The summed E-state index contributed by atoms with van der Waals surface area (Å²) in [6.45, 7) is 3.10. The number of ether oxygens (including phenoxy) is 1. The fourth-order valence-corrected chi connectivity index (χ4v) is 4.90. The van der Waals surface area contributed by atoms with Gasteiger partial charge in [-0.3, -0.25) is 4.90 Å². The zero-order valence-electron chi connectivity index (χ0n) is 12.6. The second-order valence-corrected chi connectivity index (χ2v) is 7.53. The molecule has 0 unspecified atom stereocenters. The lowest BCUT2D eigenvalue weighted by Crippen LogP contribution is -2.28. The molecule has 1 saturated heterocycles. The Morgan fingerprint density at radius 3 is 2.77 bits per heavy atom. The zero-order chi connectivity index (χ0) is 15.5. The van der Waals surface area contributed by atoms with Gasteiger partial charge in [-0.25, -0.2) is 4.79 Å². The van der Waals surface area contributed by atoms with Crippen molar-refractivity contribution >= 4 is 33.6 Å². The molecule has 0 radical (unpaired) electrons. The first kappa shape index (κ1) is 15.5. The highest BCUT2D eigenvalue weighted by atomic mass is 32.1. The number of nitrogens with zero attached hydrogens (tertiary/aromatic N) is 1. The van der Waals surface area contributed by atoms with Gasteiger partial charge in [-0.2, -0.15) is 0 Å². The molecule has 0 atom stereocenters. The smallest absolute Gasteiger partial charge is 0.341 e. The summed E-state index contributed by atoms with van der Waals surface area (Å²) in [6.07, 6.45) is 3.81. The van der Waals surface area contributed by atoms with Crippen LogP contribution in [0.5, 0.6) is 0 Å². The van der Waals surface area contributed by atoms with E-state index in [9.17, 15) is 4.79 Å². The summed E-state index contributed by atoms with van der Waals surface area (Å²) in [7, 11) is 1.40. The molecular formula is C16H20N2O2S2. The predicted molar refractivity (Wildman–Crippen MR) is 92.5 cm³/mol. The molecule has 0 saturated carbocycles. The molecule has 3 heterocycles. The van der Waals surface area contributed by atoms with Gasteiger partial charge < -0.3 is 10.5 Å². The van der Waals surface area contributed by atoms with Gasteiger partial charge in [-0.05, 0) is 37.4 Å². The van der Waals surface area contributed by atoms with Crippen molar-refractivity contribution in [3.8, 4) is 10.4 Å². The number of rotatable bonds is 4. The minimum absolute atomic E-state index is 0.345. The van der Waals surface area contributed by atoms with E-state index in [1.807, 2.05) is 17.5 Å². The number of anilines is 1. The molecule has 4 nitrogen and oxygen atoms in total. The second-order valence-electron chi connectivity index (χ2n) is 5.45. The van der Waals surface area contributed by atoms with Crippen molar-refractivity contribution in [2.75, 3.05) is 25.9 Å². The first-order valence-electron chi connectivity index (χ1n) is 7.46. The van der Waals surface area contributed by atoms with Crippen LogP contribution in [0.2, 0.25) is 0 Å². The van der Waals surface area contributed by atoms with Gasteiger partial charge >= 0.3 is 5.97 Å². The van der Waals surface area contributed by atoms with Crippen LogP contribution in [0.4, 0.5) is 5.00 Å². The van der Waals surface area contributed by atoms with Crippen LogP contribution >= 0.6 is 22.7 Å². The summed E-state index contributed by atoms with van der Waals surface area (Å²) in [5, 5.41) is 2.58. The predicted octanol–water partition coefficient (Wildman–Crippen LogP) is 3.83. The number of piperidine rings is 1. The van der Waals surface area contributed by atoms with Crippen molar-refractivity contribution in [3.63, 3.8) is 0 Å². The van der Waals surface area contributed by atoms with Crippen LogP contribution < -0.4 is 5.73 Å². The third-order valence-electron chi connectivity index (χ3n) is 3.98. The minimum Gasteiger partial charge on any atom is -0.465 e. The average molecular weight is 336 g/mol. The summed E-state index contributed by atoms with van der Waals surface area (Å²) in [4.78, 5) is 16.9. The maximum Gasteiger partial charge on any atom is 0.341 e. The molecule has 0 spiro atoms. The Morgan fingerprint density at radius 1 is 1.36 bits per heavy atom. The van der Waals surface area contributed by atoms with E-state index >= 15 is 0 Å². The molecule has 6 heteroatoms. The first-order chi connectivity index (χ1) is 10.7. The van der Waals surface area contributed by atoms with E-state index in [1.54, 1.807) is 11.3 Å². The van der Waals surface area contributed by atoms with Gasteiger partial charge in [0.2, 0.25) is 0 Å². The van der Waals surface area contributed by atoms with Crippen molar-refractivity contribution < 1.29 is 9.53 Å². The summed E-state index contributed by atoms with van der Waals surface area (Å²) in [5.41, 5.74) is 7.63. The lowest BCUT2D eigenvalue weighted by atomic mass is 10.1. The largest absolute Gasteiger partial charge is 0.465 e. The number of thiophene rings is 2. The van der Waals surface area contributed by atoms with E-state index in [1.165, 1.54) is 42.6 Å². The SMILES string of the molecule is COC(=O)c1c(N)sc(CN2CCCCC2)c1-c1cccs1. The zero-order valence-corrected chi connectivity index (χ0v) is 14.3. The summed E-state index contributed by atoms with van der Waals surface area (Å²) in [5.74, 6) is -0.345. The maximum atomic E-state index is 12.2. The Morgan fingerprint density at radius 2 is 2.14 bits per heavy atom. The molecule has 1 aliphatic heterocycles. The highest BCUT2D eigenvalue weighted by Gasteiger charge is 2.26. The van der Waals surface area contributed by atoms with Gasteiger partial charge in [0.05, 0.1) is 7.11 Å². The van der Waals surface area contributed by atoms with Gasteiger partial charge in [-0.1, -0.05) is 12.5 Å². The van der Waals surface area contributed by atoms with E-state index < -0.39 is 0 Å². The minimum atomic E-state index is -0.345. The monoisotopic (exact) mass is 336 g/mol. The number of methoxy groups -OCH3 is 1. The van der Waals surface area contributed by atoms with Crippen molar-refractivity contribution in [1.82, 2.24) is 4.90 Å². The fourth-order valence-electron chi connectivity index (χ4n) is 2.92. The average Bonchev–Trinajstić information content (AvgIpc) is 3.15. The van der Waals surface area contributed by atoms with Gasteiger partial charge in [0.15, 0.2) is 0 Å². The number of nitrogens with two attached hydrogens (primary N) is 1. The van der Waals surface area contributed by atoms with E-state index in [4.69, 9.17) is 10.5 Å². The van der Waals surface area contributed by atoms with Crippen LogP contribution in [0.25, 0.3) is 10.4 Å². The highest BCUT2D eigenvalue weighted by molar-refractivity contribution is 7.18. The standard InChI is InChI=1S/C16H20N2O2S2/c1-20-16(19)14-13(11-6-5-9-21-11)12(22-15(14)17)10-18-7-3-2-4-8-18/h5-6,9H,2-4,7-8,10,17H2,1H3. The molecule has 1 aliphatic rings. The van der Waals surface area contributed by atoms with Crippen molar-refractivity contribution in [2.24, 2.45) is 0 Å². The molecule has 2 N–H and O–H groups in total. The molecule has 2 aromatic rings. The van der Waals surface area contributed by atoms with Gasteiger partial charge in [-0.15, -0.1) is 22.7 Å². The van der Waals surface area contributed by atoms with E-state index in [0.29, 0.717) is 10.6 Å². The molecule has 1 fully saturated rings. The summed E-state index contributed by atoms with van der Waals surface area (Å²) in [6, 6.07) is 4.04. The number of carbonyl (C=O) groups excluding carboxylic acids is 1. The van der Waals surface area contributed by atoms with E-state index in [-0.39, 0.29) is 5.97 Å². The maximum absolute atomic E-state index is 12.2. The molecule has 2 aromatic heterocycles. The molecule has 0 bridgehead atoms. The molecular weight excluding hydrogens is 316 g/mol. The molecule has 22 heavy (non-hydrogen) atoms. The van der Waals surface area contributed by atoms with Gasteiger partial charge in [0, 0.05) is 21.9 Å². The molecule has 0 aromatic carbocycles. The summed E-state index contributed by atoms with van der Waals surface area (Å²) < 4.78 is 4.94. The number of esters is 1. The van der Waals surface area contributed by atoms with E-state index in [0.717, 1.165) is 30.1 Å². The topological polar surface area (TPSA) is 55.6 Å². The van der Waals surface area contributed by atoms with Crippen LogP contribution in [-0.4, -0.2) is 31.1 Å². The van der Waals surface area contributed by atoms with Crippen LogP contribution in [0.1, 0.15) is 34.5 Å². The van der Waals surface area contributed by atoms with Crippen molar-refractivity contribution in [2.45, 2.75) is 25.8 Å². The molecule has 0 amide bonds. The molecule has 118 valence electrons. The van der Waals surface area contributed by atoms with Gasteiger partial charge in [0.25, 0.3) is 0 Å². The van der Waals surface area contributed by atoms with Crippen molar-refractivity contribution in [1.29, 1.82) is 0 Å². The lowest BCUT2D eigenvalue weighted by Gasteiger charge is -2.26. The van der Waals surface area contributed by atoms with Gasteiger partial charge in [0.1, 0.15) is 10.6 Å². The quantitative estimate of drug-likeness (QED) is 0.862. The molecule has 0 aliphatic carbocycles. The Labute approximate surface area is 138 Å². The van der Waals surface area contributed by atoms with Crippen LogP contribution in [0.15, 0.2) is 17.5 Å². The number of hydrogen-bond acceptors (Lipinski definition) is 6. The van der Waals surface area contributed by atoms with Crippen LogP contribution in [0, 0.1) is 0 Å². The number of hydrogen-bond donors (Lipinski definition) is 1. The Hall–Kier alpha value is -1.37. The normalized spacial score (nSPS) is 15.9. The Bertz CT molecular complexity index is 643. The second kappa shape index (κ2) is 6.81. The third kappa shape index (κ3) is 3.04. The molecule has 3 rings (SSSR count). The number of likely N-dealkylation sites (tertiary alicyclic amines) is 1. The Balaban J connectivity index is 2.00. The van der Waals surface area contributed by atoms with E-state index in [2.05, 4.69) is 4.90 Å². The number of nitrogen functional groups attached to an aromatic ring is 1.